The molecule has 28 heavy (non-hydrogen) atoms. The zero-order valence-corrected chi connectivity index (χ0v) is 15.6. The second kappa shape index (κ2) is 7.71. The van der Waals surface area contributed by atoms with E-state index in [1.165, 1.54) is 43.3 Å². The highest BCUT2D eigenvalue weighted by Crippen LogP contribution is 2.27. The van der Waals surface area contributed by atoms with Crippen molar-refractivity contribution in [2.24, 2.45) is 0 Å². The van der Waals surface area contributed by atoms with Gasteiger partial charge in [-0.1, -0.05) is 11.6 Å². The van der Waals surface area contributed by atoms with Gasteiger partial charge in [0.2, 0.25) is 5.76 Å². The third-order valence-corrected chi connectivity index (χ3v) is 4.41. The standard InChI is InChI=1S/C20H14ClFN2O4/c1-10-15-7-13(22)4-6-17(15)28-18(10)20(26)27-11(2)19(25)24-14-5-3-12(9-23)16(21)8-14/h3-8,11H,1-2H3,(H,24,25). The maximum atomic E-state index is 13.4. The molecule has 1 amide bonds. The number of nitrogens with one attached hydrogen (secondary N) is 1. The van der Waals surface area contributed by atoms with Crippen molar-refractivity contribution in [2.45, 2.75) is 20.0 Å². The van der Waals surface area contributed by atoms with Gasteiger partial charge in [-0.05, 0) is 50.2 Å². The highest BCUT2D eigenvalue weighted by Gasteiger charge is 2.24. The number of ether oxygens (including phenoxy) is 1. The maximum absolute atomic E-state index is 13.4. The van der Waals surface area contributed by atoms with E-state index in [0.29, 0.717) is 22.2 Å². The zero-order valence-electron chi connectivity index (χ0n) is 14.9. The molecule has 0 radical (unpaired) electrons. The largest absolute Gasteiger partial charge is 0.449 e. The summed E-state index contributed by atoms with van der Waals surface area (Å²) in [5.74, 6) is -1.98. The lowest BCUT2D eigenvalue weighted by atomic mass is 10.1. The van der Waals surface area contributed by atoms with Crippen LogP contribution in [-0.4, -0.2) is 18.0 Å². The van der Waals surface area contributed by atoms with Crippen LogP contribution in [0.1, 0.15) is 28.6 Å². The number of benzene rings is 2. The summed E-state index contributed by atoms with van der Waals surface area (Å²) in [7, 11) is 0. The molecule has 3 rings (SSSR count). The van der Waals surface area contributed by atoms with Crippen molar-refractivity contribution in [2.75, 3.05) is 5.32 Å². The van der Waals surface area contributed by atoms with Gasteiger partial charge in [-0.3, -0.25) is 4.79 Å². The van der Waals surface area contributed by atoms with E-state index >= 15 is 0 Å². The first-order valence-corrected chi connectivity index (χ1v) is 8.58. The minimum Gasteiger partial charge on any atom is -0.449 e. The molecule has 142 valence electrons. The average molecular weight is 401 g/mol. The van der Waals surface area contributed by atoms with Crippen molar-refractivity contribution >= 4 is 40.1 Å². The van der Waals surface area contributed by atoms with Crippen LogP contribution in [0.5, 0.6) is 0 Å². The molecule has 1 heterocycles. The Balaban J connectivity index is 1.72. The summed E-state index contributed by atoms with van der Waals surface area (Å²) in [5.41, 5.74) is 1.39. The van der Waals surface area contributed by atoms with E-state index in [1.807, 2.05) is 6.07 Å². The third-order valence-electron chi connectivity index (χ3n) is 4.09. The molecule has 8 heteroatoms. The molecule has 0 fully saturated rings. The number of furan rings is 1. The molecule has 0 aliphatic carbocycles. The number of fused-ring (bicyclic) bond motifs is 1. The molecule has 0 saturated heterocycles. The summed E-state index contributed by atoms with van der Waals surface area (Å²) in [6.07, 6.45) is -1.13. The van der Waals surface area contributed by atoms with Crippen molar-refractivity contribution in [3.63, 3.8) is 0 Å². The van der Waals surface area contributed by atoms with Gasteiger partial charge in [0.15, 0.2) is 6.10 Å². The Kier molecular flexibility index (Phi) is 5.34. The fraction of sp³-hybridized carbons (Fsp3) is 0.150. The van der Waals surface area contributed by atoms with Gasteiger partial charge in [0.25, 0.3) is 5.91 Å². The van der Waals surface area contributed by atoms with Crippen molar-refractivity contribution in [3.05, 3.63) is 64.1 Å². The van der Waals surface area contributed by atoms with Crippen LogP contribution in [0.2, 0.25) is 5.02 Å². The number of carbonyl (C=O) groups excluding carboxylic acids is 2. The maximum Gasteiger partial charge on any atom is 0.375 e. The summed E-state index contributed by atoms with van der Waals surface area (Å²) in [5, 5.41) is 12.1. The molecule has 0 bridgehead atoms. The van der Waals surface area contributed by atoms with E-state index in [-0.39, 0.29) is 16.3 Å². The summed E-state index contributed by atoms with van der Waals surface area (Å²) in [6, 6.07) is 10.2. The van der Waals surface area contributed by atoms with Gasteiger partial charge >= 0.3 is 5.97 Å². The van der Waals surface area contributed by atoms with Crippen LogP contribution in [0.4, 0.5) is 10.1 Å². The molecule has 6 nitrogen and oxygen atoms in total. The molecule has 1 atom stereocenters. The first-order chi connectivity index (χ1) is 13.3. The Hall–Kier alpha value is -3.37. The molecule has 1 N–H and O–H groups in total. The van der Waals surface area contributed by atoms with Crippen LogP contribution in [0.15, 0.2) is 40.8 Å². The summed E-state index contributed by atoms with van der Waals surface area (Å²) < 4.78 is 24.0. The molecule has 0 spiro atoms. The average Bonchev–Trinajstić information content (AvgIpc) is 2.98. The lowest BCUT2D eigenvalue weighted by Crippen LogP contribution is -2.30. The van der Waals surface area contributed by atoms with Gasteiger partial charge in [0.1, 0.15) is 17.5 Å². The molecule has 3 aromatic rings. The fourth-order valence-corrected chi connectivity index (χ4v) is 2.81. The van der Waals surface area contributed by atoms with Gasteiger partial charge in [-0.25, -0.2) is 9.18 Å². The highest BCUT2D eigenvalue weighted by atomic mass is 35.5. The number of hydrogen-bond acceptors (Lipinski definition) is 5. The lowest BCUT2D eigenvalue weighted by molar-refractivity contribution is -0.123. The van der Waals surface area contributed by atoms with Gasteiger partial charge < -0.3 is 14.5 Å². The smallest absolute Gasteiger partial charge is 0.375 e. The van der Waals surface area contributed by atoms with Gasteiger partial charge in [0, 0.05) is 16.6 Å². The monoisotopic (exact) mass is 400 g/mol. The van der Waals surface area contributed by atoms with Crippen LogP contribution < -0.4 is 5.32 Å². The molecule has 1 unspecified atom stereocenters. The minimum atomic E-state index is -1.13. The number of carbonyl (C=O) groups is 2. The van der Waals surface area contributed by atoms with Gasteiger partial charge in [-0.15, -0.1) is 0 Å². The van der Waals surface area contributed by atoms with Crippen LogP contribution in [0.25, 0.3) is 11.0 Å². The van der Waals surface area contributed by atoms with Crippen molar-refractivity contribution < 1.29 is 23.1 Å². The number of nitriles is 1. The Morgan fingerprint density at radius 2 is 2.04 bits per heavy atom. The van der Waals surface area contributed by atoms with Crippen molar-refractivity contribution in [1.29, 1.82) is 5.26 Å². The van der Waals surface area contributed by atoms with Crippen molar-refractivity contribution in [3.8, 4) is 6.07 Å². The van der Waals surface area contributed by atoms with Crippen LogP contribution in [0.3, 0.4) is 0 Å². The number of nitrogens with zero attached hydrogens (tertiary/aromatic N) is 1. The predicted octanol–water partition coefficient (Wildman–Crippen LogP) is 4.59. The second-order valence-corrected chi connectivity index (χ2v) is 6.45. The number of aryl methyl sites for hydroxylation is 1. The second-order valence-electron chi connectivity index (χ2n) is 6.04. The fourth-order valence-electron chi connectivity index (χ4n) is 2.58. The summed E-state index contributed by atoms with van der Waals surface area (Å²) in [6.45, 7) is 3.00. The molecule has 2 aromatic carbocycles. The summed E-state index contributed by atoms with van der Waals surface area (Å²) in [4.78, 5) is 24.6. The quantitative estimate of drug-likeness (QED) is 0.646. The number of rotatable bonds is 4. The van der Waals surface area contributed by atoms with Crippen LogP contribution >= 0.6 is 11.6 Å². The Morgan fingerprint density at radius 3 is 2.71 bits per heavy atom. The van der Waals surface area contributed by atoms with E-state index < -0.39 is 23.8 Å². The van der Waals surface area contributed by atoms with E-state index in [1.54, 1.807) is 6.92 Å². The molecule has 0 aliphatic rings. The number of anilines is 1. The lowest BCUT2D eigenvalue weighted by Gasteiger charge is -2.13. The van der Waals surface area contributed by atoms with E-state index in [0.717, 1.165) is 0 Å². The van der Waals surface area contributed by atoms with Gasteiger partial charge in [0.05, 0.1) is 10.6 Å². The topological polar surface area (TPSA) is 92.3 Å². The van der Waals surface area contributed by atoms with Crippen LogP contribution in [0, 0.1) is 24.1 Å². The molecule has 0 saturated carbocycles. The highest BCUT2D eigenvalue weighted by molar-refractivity contribution is 6.32. The Morgan fingerprint density at radius 1 is 1.29 bits per heavy atom. The normalized spacial score (nSPS) is 11.7. The van der Waals surface area contributed by atoms with Crippen molar-refractivity contribution in [1.82, 2.24) is 0 Å². The first-order valence-electron chi connectivity index (χ1n) is 8.20. The predicted molar refractivity (Wildman–Crippen MR) is 101 cm³/mol. The molecule has 0 aliphatic heterocycles. The Bertz CT molecular complexity index is 1130. The molecule has 1 aromatic heterocycles. The van der Waals surface area contributed by atoms with E-state index in [9.17, 15) is 14.0 Å². The minimum absolute atomic E-state index is 0.0957. The number of amides is 1. The summed E-state index contributed by atoms with van der Waals surface area (Å²) >= 11 is 5.93. The number of esters is 1. The third kappa shape index (κ3) is 3.82. The van der Waals surface area contributed by atoms with Gasteiger partial charge in [-0.2, -0.15) is 5.26 Å². The number of halogens is 2. The Labute approximate surface area is 164 Å². The molecular weight excluding hydrogens is 387 g/mol. The first kappa shape index (κ1) is 19.4. The van der Waals surface area contributed by atoms with E-state index in [4.69, 9.17) is 26.0 Å². The van der Waals surface area contributed by atoms with E-state index in [2.05, 4.69) is 5.32 Å². The number of hydrogen-bond donors (Lipinski definition) is 1. The SMILES string of the molecule is Cc1c(C(=O)OC(C)C(=O)Nc2ccc(C#N)c(Cl)c2)oc2ccc(F)cc12. The zero-order chi connectivity index (χ0) is 20.4. The van der Waals surface area contributed by atoms with Crippen LogP contribution in [-0.2, 0) is 9.53 Å². The molecular formula is C20H14ClFN2O4.